The number of carbonyl (C=O) groups is 1. The highest BCUT2D eigenvalue weighted by Gasteiger charge is 2.49. The van der Waals surface area contributed by atoms with E-state index in [2.05, 4.69) is 39.8 Å². The van der Waals surface area contributed by atoms with Crippen LogP contribution in [0.2, 0.25) is 0 Å². The summed E-state index contributed by atoms with van der Waals surface area (Å²) in [5, 5.41) is 26.4. The Balaban J connectivity index is 1.34. The van der Waals surface area contributed by atoms with Crippen molar-refractivity contribution in [2.45, 2.75) is 43.9 Å². The number of halogens is 1. The molecule has 6 heterocycles. The quantitative estimate of drug-likeness (QED) is 0.248. The molecule has 4 saturated heterocycles. The Morgan fingerprint density at radius 1 is 1.14 bits per heavy atom. The number of pyridine rings is 1. The number of phenolic OH excluding ortho intramolecular Hbond substituents is 1. The third-order valence-corrected chi connectivity index (χ3v) is 11.3. The zero-order chi connectivity index (χ0) is 34.3. The molecule has 12 heteroatoms. The largest absolute Gasteiger partial charge is 0.508 e. The number of amides is 1. The molecule has 2 N–H and O–H groups in total. The molecule has 1 saturated carbocycles. The van der Waals surface area contributed by atoms with E-state index >= 15 is 4.39 Å². The molecule has 5 fully saturated rings. The molecule has 2 bridgehead atoms. The number of aromatic nitrogens is 3. The number of aromatic hydroxyl groups is 1. The molecule has 1 aliphatic carbocycles. The highest BCUT2D eigenvalue weighted by atomic mass is 19.1. The number of anilines is 1. The van der Waals surface area contributed by atoms with Crippen LogP contribution in [0.25, 0.3) is 43.8 Å². The standard InChI is InChI=1S/C38H39FN8O3/c1-44(2)24-17-46(18-24)38-35-37(47(36-23-14-29(36)41-16-23)30(42-35)19-45-10-11-50-20-31(45)49)28-13-22(7-5-9-40)32(33(39)34(28)43-38)27-15-25(48)12-21-6-3-4-8-26(21)27/h3-4,6,8,12-13,15,23-24,29,36,41,48H,5,7,10-11,14,16-20H2,1-2H3/t23-,29-,36+/m1/s1. The van der Waals surface area contributed by atoms with Crippen LogP contribution in [0.3, 0.4) is 0 Å². The molecule has 0 radical (unpaired) electrons. The fourth-order valence-corrected chi connectivity index (χ4v) is 8.55. The summed E-state index contributed by atoms with van der Waals surface area (Å²) >= 11 is 0. The summed E-state index contributed by atoms with van der Waals surface area (Å²) in [4.78, 5) is 29.6. The molecule has 0 unspecified atom stereocenters. The lowest BCUT2D eigenvalue weighted by atomic mass is 9.79. The number of imidazole rings is 1. The first-order chi connectivity index (χ1) is 24.3. The first-order valence-corrected chi connectivity index (χ1v) is 17.5. The van der Waals surface area contributed by atoms with E-state index in [0.717, 1.165) is 48.2 Å². The molecular weight excluding hydrogens is 635 g/mol. The molecule has 256 valence electrons. The summed E-state index contributed by atoms with van der Waals surface area (Å²) in [6, 6.07) is 15.9. The summed E-state index contributed by atoms with van der Waals surface area (Å²) in [7, 11) is 4.12. The number of nitriles is 1. The highest BCUT2D eigenvalue weighted by molar-refractivity contribution is 6.10. The van der Waals surface area contributed by atoms with Crippen molar-refractivity contribution in [1.82, 2.24) is 29.7 Å². The van der Waals surface area contributed by atoms with Gasteiger partial charge in [-0.25, -0.2) is 14.4 Å². The Labute approximate surface area is 288 Å². The lowest BCUT2D eigenvalue weighted by Crippen LogP contribution is -2.57. The van der Waals surface area contributed by atoms with Crippen molar-refractivity contribution in [2.75, 3.05) is 58.4 Å². The summed E-state index contributed by atoms with van der Waals surface area (Å²) in [5.41, 5.74) is 3.35. The number of phenols is 1. The lowest BCUT2D eigenvalue weighted by molar-refractivity contribution is -0.143. The van der Waals surface area contributed by atoms with E-state index in [-0.39, 0.29) is 42.3 Å². The zero-order valence-corrected chi connectivity index (χ0v) is 28.2. The number of hydrogen-bond donors (Lipinski definition) is 2. The summed E-state index contributed by atoms with van der Waals surface area (Å²) in [5.74, 6) is 1.28. The van der Waals surface area contributed by atoms with E-state index in [1.807, 2.05) is 30.3 Å². The number of hydrogen-bond acceptors (Lipinski definition) is 9. The van der Waals surface area contributed by atoms with Gasteiger partial charge in [0.2, 0.25) is 5.91 Å². The Morgan fingerprint density at radius 2 is 1.98 bits per heavy atom. The van der Waals surface area contributed by atoms with Crippen molar-refractivity contribution in [2.24, 2.45) is 5.92 Å². The van der Waals surface area contributed by atoms with Gasteiger partial charge in [-0.2, -0.15) is 5.26 Å². The SMILES string of the molecule is CN(C)C1CN(c2nc3c(F)c(-c4cc(O)cc5ccccc45)c(CCC#N)cc3c3c2nc(CN2CCOCC2=O)n3[C@H]2[C@H]3CN[C@@H]2C3)C1. The van der Waals surface area contributed by atoms with Gasteiger partial charge in [-0.1, -0.05) is 24.3 Å². The molecule has 2 aromatic heterocycles. The predicted octanol–water partition coefficient (Wildman–Crippen LogP) is 4.35. The normalized spacial score (nSPS) is 22.1. The maximum Gasteiger partial charge on any atom is 0.249 e. The van der Waals surface area contributed by atoms with Gasteiger partial charge in [0.1, 0.15) is 29.2 Å². The van der Waals surface area contributed by atoms with E-state index in [1.165, 1.54) is 0 Å². The summed E-state index contributed by atoms with van der Waals surface area (Å²) in [6.45, 7) is 3.68. The van der Waals surface area contributed by atoms with Crippen LogP contribution in [0.1, 0.15) is 30.3 Å². The van der Waals surface area contributed by atoms with E-state index < -0.39 is 5.82 Å². The van der Waals surface area contributed by atoms with Crippen LogP contribution in [-0.4, -0.2) is 101 Å². The molecule has 50 heavy (non-hydrogen) atoms. The average molecular weight is 675 g/mol. The number of fused-ring (bicyclic) bond motifs is 5. The fraction of sp³-hybridized carbons (Fsp3) is 0.421. The number of carbonyl (C=O) groups excluding carboxylic acids is 1. The van der Waals surface area contributed by atoms with Gasteiger partial charge in [-0.15, -0.1) is 0 Å². The molecule has 10 rings (SSSR count). The molecule has 3 aromatic carbocycles. The molecule has 1 amide bonds. The summed E-state index contributed by atoms with van der Waals surface area (Å²) in [6.07, 6.45) is 1.58. The van der Waals surface area contributed by atoms with Gasteiger partial charge < -0.3 is 34.4 Å². The molecule has 4 aliphatic heterocycles. The van der Waals surface area contributed by atoms with Gasteiger partial charge in [0, 0.05) is 55.6 Å². The number of morpholine rings is 1. The lowest BCUT2D eigenvalue weighted by Gasteiger charge is -2.43. The number of ether oxygens (including phenoxy) is 1. The van der Waals surface area contributed by atoms with Crippen LogP contribution in [0, 0.1) is 23.1 Å². The van der Waals surface area contributed by atoms with E-state index in [0.29, 0.717) is 71.5 Å². The minimum absolute atomic E-state index is 0.0390. The predicted molar refractivity (Wildman–Crippen MR) is 188 cm³/mol. The highest BCUT2D eigenvalue weighted by Crippen LogP contribution is 2.49. The summed E-state index contributed by atoms with van der Waals surface area (Å²) < 4.78 is 25.4. The Hall–Kier alpha value is -4.83. The van der Waals surface area contributed by atoms with Crippen molar-refractivity contribution < 1.29 is 19.0 Å². The minimum Gasteiger partial charge on any atom is -0.508 e. The molecular formula is C38H39FN8O3. The van der Waals surface area contributed by atoms with Gasteiger partial charge in [0.05, 0.1) is 30.8 Å². The smallest absolute Gasteiger partial charge is 0.249 e. The van der Waals surface area contributed by atoms with Crippen LogP contribution in [-0.2, 0) is 22.5 Å². The molecule has 0 spiro atoms. The second-order valence-electron chi connectivity index (χ2n) is 14.4. The Morgan fingerprint density at radius 3 is 2.72 bits per heavy atom. The van der Waals surface area contributed by atoms with E-state index in [9.17, 15) is 15.2 Å². The maximum atomic E-state index is 17.7. The van der Waals surface area contributed by atoms with Crippen molar-refractivity contribution in [1.29, 1.82) is 5.26 Å². The van der Waals surface area contributed by atoms with Crippen molar-refractivity contribution in [3.05, 3.63) is 59.7 Å². The van der Waals surface area contributed by atoms with Crippen LogP contribution >= 0.6 is 0 Å². The Bertz CT molecular complexity index is 2230. The van der Waals surface area contributed by atoms with Crippen molar-refractivity contribution >= 4 is 44.4 Å². The van der Waals surface area contributed by atoms with Crippen LogP contribution < -0.4 is 10.2 Å². The number of rotatable bonds is 8. The molecule has 11 nitrogen and oxygen atoms in total. The van der Waals surface area contributed by atoms with Crippen LogP contribution in [0.5, 0.6) is 5.75 Å². The third kappa shape index (κ3) is 4.82. The molecule has 5 aromatic rings. The number of benzene rings is 3. The molecule has 5 aliphatic rings. The van der Waals surface area contributed by atoms with E-state index in [4.69, 9.17) is 14.7 Å². The van der Waals surface area contributed by atoms with Crippen LogP contribution in [0.4, 0.5) is 10.2 Å². The molecule has 3 atom stereocenters. The zero-order valence-electron chi connectivity index (χ0n) is 28.2. The monoisotopic (exact) mass is 674 g/mol. The first kappa shape index (κ1) is 31.2. The number of aryl methyl sites for hydroxylation is 1. The van der Waals surface area contributed by atoms with Gasteiger partial charge in [0.25, 0.3) is 0 Å². The van der Waals surface area contributed by atoms with Gasteiger partial charge in [-0.05, 0) is 73.0 Å². The average Bonchev–Trinajstić information content (AvgIpc) is 3.81. The first-order valence-electron chi connectivity index (χ1n) is 17.5. The number of nitrogens with one attached hydrogen (secondary N) is 1. The van der Waals surface area contributed by atoms with Crippen LogP contribution in [0.15, 0.2) is 42.5 Å². The second kappa shape index (κ2) is 11.9. The van der Waals surface area contributed by atoms with E-state index in [1.54, 1.807) is 17.0 Å². The second-order valence-corrected chi connectivity index (χ2v) is 14.4. The van der Waals surface area contributed by atoms with Gasteiger partial charge >= 0.3 is 0 Å². The number of nitrogens with zero attached hydrogens (tertiary/aromatic N) is 7. The third-order valence-electron chi connectivity index (χ3n) is 11.3. The van der Waals surface area contributed by atoms with Gasteiger partial charge in [-0.3, -0.25) is 4.79 Å². The van der Waals surface area contributed by atoms with Gasteiger partial charge in [0.15, 0.2) is 11.6 Å². The number of likely N-dealkylation sites (N-methyl/N-ethyl adjacent to an activating group) is 1. The van der Waals surface area contributed by atoms with Crippen molar-refractivity contribution in [3.8, 4) is 22.9 Å². The maximum absolute atomic E-state index is 17.7. The fourth-order valence-electron chi connectivity index (χ4n) is 8.55. The Kier molecular flexibility index (Phi) is 7.42. The van der Waals surface area contributed by atoms with Crippen molar-refractivity contribution in [3.63, 3.8) is 0 Å². The minimum atomic E-state index is -0.480. The topological polar surface area (TPSA) is 123 Å².